The largest absolute Gasteiger partial charge is 0.506 e. The molecule has 6 heteroatoms. The Morgan fingerprint density at radius 1 is 1.44 bits per heavy atom. The lowest BCUT2D eigenvalue weighted by Crippen LogP contribution is -2.17. The van der Waals surface area contributed by atoms with Gasteiger partial charge in [-0.3, -0.25) is 0 Å². The van der Waals surface area contributed by atoms with Crippen molar-refractivity contribution in [1.29, 1.82) is 0 Å². The molecule has 0 aromatic heterocycles. The van der Waals surface area contributed by atoms with Crippen molar-refractivity contribution in [3.05, 3.63) is 16.7 Å². The molecule has 0 bridgehead atoms. The first-order valence-electron chi connectivity index (χ1n) is 4.84. The van der Waals surface area contributed by atoms with Crippen LogP contribution in [0.25, 0.3) is 0 Å². The third-order valence-electron chi connectivity index (χ3n) is 2.36. The second kappa shape index (κ2) is 4.37. The van der Waals surface area contributed by atoms with Crippen LogP contribution >= 0.6 is 11.6 Å². The second-order valence-electron chi connectivity index (χ2n) is 3.40. The fraction of sp³-hybridized carbons (Fsp3) is 0.400. The minimum Gasteiger partial charge on any atom is -0.506 e. The quantitative estimate of drug-likeness (QED) is 0.718. The summed E-state index contributed by atoms with van der Waals surface area (Å²) in [4.78, 5) is 0. The summed E-state index contributed by atoms with van der Waals surface area (Å²) in [6, 6.07) is 1.49. The number of ether oxygens (including phenoxy) is 2. The van der Waals surface area contributed by atoms with Crippen molar-refractivity contribution < 1.29 is 19.7 Å². The van der Waals surface area contributed by atoms with Crippen molar-refractivity contribution >= 4 is 11.6 Å². The molecule has 16 heavy (non-hydrogen) atoms. The second-order valence-corrected chi connectivity index (χ2v) is 3.78. The molecule has 0 amide bonds. The van der Waals surface area contributed by atoms with Crippen LogP contribution in [0.3, 0.4) is 0 Å². The van der Waals surface area contributed by atoms with Crippen LogP contribution < -0.4 is 15.2 Å². The zero-order chi connectivity index (χ0) is 11.7. The Labute approximate surface area is 97.3 Å². The van der Waals surface area contributed by atoms with Crippen molar-refractivity contribution in [2.45, 2.75) is 6.10 Å². The Morgan fingerprint density at radius 3 is 2.81 bits per heavy atom. The zero-order valence-corrected chi connectivity index (χ0v) is 9.20. The van der Waals surface area contributed by atoms with E-state index >= 15 is 0 Å². The van der Waals surface area contributed by atoms with Crippen molar-refractivity contribution in [3.8, 4) is 17.2 Å². The monoisotopic (exact) mass is 245 g/mol. The van der Waals surface area contributed by atoms with E-state index in [0.29, 0.717) is 24.7 Å². The highest BCUT2D eigenvalue weighted by Crippen LogP contribution is 2.46. The van der Waals surface area contributed by atoms with Gasteiger partial charge in [0.1, 0.15) is 24.0 Å². The number of phenolic OH excluding ortho intramolecular Hbond substituents is 1. The van der Waals surface area contributed by atoms with Crippen LogP contribution in [0.15, 0.2) is 6.07 Å². The number of aliphatic hydroxyl groups excluding tert-OH is 1. The molecule has 0 radical (unpaired) electrons. The van der Waals surface area contributed by atoms with Gasteiger partial charge in [0.2, 0.25) is 0 Å². The normalized spacial score (nSPS) is 15.9. The highest BCUT2D eigenvalue weighted by Gasteiger charge is 2.24. The van der Waals surface area contributed by atoms with Crippen LogP contribution in [0, 0.1) is 0 Å². The van der Waals surface area contributed by atoms with Gasteiger partial charge in [-0.2, -0.15) is 0 Å². The van der Waals surface area contributed by atoms with Gasteiger partial charge < -0.3 is 25.4 Å². The molecule has 1 atom stereocenters. The number of benzene rings is 1. The van der Waals surface area contributed by atoms with E-state index in [1.54, 1.807) is 0 Å². The van der Waals surface area contributed by atoms with Gasteiger partial charge in [0.15, 0.2) is 11.5 Å². The summed E-state index contributed by atoms with van der Waals surface area (Å²) in [5.41, 5.74) is 5.57. The van der Waals surface area contributed by atoms with E-state index in [9.17, 15) is 10.2 Å². The molecule has 1 aliphatic heterocycles. The number of hydrogen-bond acceptors (Lipinski definition) is 5. The number of nitrogens with two attached hydrogens (primary N) is 1. The topological polar surface area (TPSA) is 84.9 Å². The van der Waals surface area contributed by atoms with Gasteiger partial charge in [0.25, 0.3) is 0 Å². The number of halogens is 1. The van der Waals surface area contributed by atoms with Crippen molar-refractivity contribution in [2.24, 2.45) is 5.73 Å². The number of rotatable bonds is 2. The lowest BCUT2D eigenvalue weighted by atomic mass is 10.1. The lowest BCUT2D eigenvalue weighted by Gasteiger charge is -2.22. The summed E-state index contributed by atoms with van der Waals surface area (Å²) in [6.45, 7) is 0.779. The van der Waals surface area contributed by atoms with Gasteiger partial charge >= 0.3 is 0 Å². The summed E-state index contributed by atoms with van der Waals surface area (Å²) in [5, 5.41) is 19.4. The molecular formula is C10H12ClNO4. The van der Waals surface area contributed by atoms with E-state index in [0.717, 1.165) is 0 Å². The molecular weight excluding hydrogens is 234 g/mol. The first kappa shape index (κ1) is 11.3. The highest BCUT2D eigenvalue weighted by molar-refractivity contribution is 6.33. The Kier molecular flexibility index (Phi) is 3.09. The Hall–Kier alpha value is -1.17. The minimum absolute atomic E-state index is 0.0104. The van der Waals surface area contributed by atoms with E-state index in [1.807, 2.05) is 0 Å². The van der Waals surface area contributed by atoms with Gasteiger partial charge in [-0.1, -0.05) is 11.6 Å². The molecule has 0 fully saturated rings. The smallest absolute Gasteiger partial charge is 0.183 e. The van der Waals surface area contributed by atoms with Crippen LogP contribution in [0.4, 0.5) is 0 Å². The number of hydrogen-bond donors (Lipinski definition) is 3. The predicted molar refractivity (Wildman–Crippen MR) is 58.1 cm³/mol. The average Bonchev–Trinajstić information content (AvgIpc) is 2.33. The fourth-order valence-corrected chi connectivity index (χ4v) is 1.79. The maximum absolute atomic E-state index is 9.77. The molecule has 2 rings (SSSR count). The summed E-state index contributed by atoms with van der Waals surface area (Å²) < 4.78 is 10.6. The van der Waals surface area contributed by atoms with Gasteiger partial charge in [-0.25, -0.2) is 0 Å². The first-order chi connectivity index (χ1) is 7.65. The zero-order valence-electron chi connectivity index (χ0n) is 8.44. The fourth-order valence-electron chi connectivity index (χ4n) is 1.54. The molecule has 88 valence electrons. The molecule has 1 heterocycles. The maximum atomic E-state index is 9.77. The van der Waals surface area contributed by atoms with Crippen molar-refractivity contribution in [2.75, 3.05) is 19.8 Å². The minimum atomic E-state index is -0.978. The molecule has 4 N–H and O–H groups in total. The molecule has 0 saturated carbocycles. The Balaban J connectivity index is 2.52. The highest BCUT2D eigenvalue weighted by atomic mass is 35.5. The summed E-state index contributed by atoms with van der Waals surface area (Å²) >= 11 is 5.91. The number of phenols is 1. The van der Waals surface area contributed by atoms with Crippen LogP contribution in [0.1, 0.15) is 11.7 Å². The lowest BCUT2D eigenvalue weighted by molar-refractivity contribution is 0.164. The number of fused-ring (bicyclic) bond motifs is 1. The van der Waals surface area contributed by atoms with E-state index in [1.165, 1.54) is 6.07 Å². The molecule has 5 nitrogen and oxygen atoms in total. The molecule has 0 aliphatic carbocycles. The SMILES string of the molecule is NCC(O)c1cc2c(c(Cl)c1O)OCCO2. The third-order valence-corrected chi connectivity index (χ3v) is 2.71. The van der Waals surface area contributed by atoms with Gasteiger partial charge in [0.05, 0.1) is 6.10 Å². The van der Waals surface area contributed by atoms with Crippen LogP contribution in [-0.2, 0) is 0 Å². The van der Waals surface area contributed by atoms with E-state index in [-0.39, 0.29) is 22.9 Å². The van der Waals surface area contributed by atoms with Crippen molar-refractivity contribution in [3.63, 3.8) is 0 Å². The van der Waals surface area contributed by atoms with Crippen molar-refractivity contribution in [1.82, 2.24) is 0 Å². The number of aromatic hydroxyl groups is 1. The molecule has 1 aromatic rings. The molecule has 0 spiro atoms. The van der Waals surface area contributed by atoms with E-state index in [4.69, 9.17) is 26.8 Å². The summed E-state index contributed by atoms with van der Waals surface area (Å²) in [5.74, 6) is 0.499. The van der Waals surface area contributed by atoms with Gasteiger partial charge in [0, 0.05) is 12.1 Å². The Bertz CT molecular complexity index is 410. The molecule has 1 aliphatic rings. The van der Waals surface area contributed by atoms with Gasteiger partial charge in [-0.15, -0.1) is 0 Å². The van der Waals surface area contributed by atoms with Gasteiger partial charge in [-0.05, 0) is 6.07 Å². The maximum Gasteiger partial charge on any atom is 0.183 e. The summed E-state index contributed by atoms with van der Waals surface area (Å²) in [7, 11) is 0. The Morgan fingerprint density at radius 2 is 2.12 bits per heavy atom. The number of aliphatic hydroxyl groups is 1. The van der Waals surface area contributed by atoms with Crippen LogP contribution in [0.5, 0.6) is 17.2 Å². The third kappa shape index (κ3) is 1.77. The molecule has 1 unspecified atom stereocenters. The molecule has 1 aromatic carbocycles. The standard InChI is InChI=1S/C10H12ClNO4/c11-8-9(14)5(6(13)4-12)3-7-10(8)16-2-1-15-7/h3,6,13-14H,1-2,4,12H2. The first-order valence-corrected chi connectivity index (χ1v) is 5.22. The van der Waals surface area contributed by atoms with Crippen LogP contribution in [-0.4, -0.2) is 30.0 Å². The molecule has 0 saturated heterocycles. The van der Waals surface area contributed by atoms with E-state index < -0.39 is 6.10 Å². The van der Waals surface area contributed by atoms with E-state index in [2.05, 4.69) is 0 Å². The average molecular weight is 246 g/mol. The summed E-state index contributed by atoms with van der Waals surface area (Å²) in [6.07, 6.45) is -0.978. The van der Waals surface area contributed by atoms with Crippen LogP contribution in [0.2, 0.25) is 5.02 Å². The predicted octanol–water partition coefficient (Wildman–Crippen LogP) is 0.809.